The molecule has 4 heteroatoms. The second kappa shape index (κ2) is 6.93. The summed E-state index contributed by atoms with van der Waals surface area (Å²) >= 11 is 0. The topological polar surface area (TPSA) is 51.1 Å². The lowest BCUT2D eigenvalue weighted by molar-refractivity contribution is -0.116. The largest absolute Gasteiger partial charge is 0.326 e. The van der Waals surface area contributed by atoms with Gasteiger partial charge in [-0.15, -0.1) is 0 Å². The highest BCUT2D eigenvalue weighted by atomic mass is 16.2. The summed E-state index contributed by atoms with van der Waals surface area (Å²) in [7, 11) is 0. The Hall–Kier alpha value is -2.88. The van der Waals surface area contributed by atoms with E-state index in [2.05, 4.69) is 5.32 Å². The number of aromatic nitrogens is 1. The summed E-state index contributed by atoms with van der Waals surface area (Å²) in [5, 5.41) is 3.96. The number of nitrogens with zero attached hydrogens (tertiary/aromatic N) is 1. The van der Waals surface area contributed by atoms with Crippen LogP contribution in [0.4, 0.5) is 5.69 Å². The lowest BCUT2D eigenvalue weighted by atomic mass is 10.0. The Bertz CT molecular complexity index is 930. The fourth-order valence-electron chi connectivity index (χ4n) is 3.22. The van der Waals surface area contributed by atoms with E-state index in [0.717, 1.165) is 27.7 Å². The van der Waals surface area contributed by atoms with Gasteiger partial charge in [0.05, 0.1) is 5.52 Å². The second-order valence-electron chi connectivity index (χ2n) is 6.46. The zero-order valence-electron chi connectivity index (χ0n) is 14.8. The van der Waals surface area contributed by atoms with Crippen LogP contribution in [0.5, 0.6) is 0 Å². The van der Waals surface area contributed by atoms with E-state index in [1.165, 1.54) is 5.56 Å². The average Bonchev–Trinajstić information content (AvgIpc) is 3.00. The van der Waals surface area contributed by atoms with Gasteiger partial charge in [-0.2, -0.15) is 0 Å². The third kappa shape index (κ3) is 3.63. The molecule has 128 valence electrons. The first-order chi connectivity index (χ1) is 12.0. The summed E-state index contributed by atoms with van der Waals surface area (Å²) in [5.41, 5.74) is 4.96. The average molecular weight is 334 g/mol. The molecule has 0 aliphatic heterocycles. The predicted octanol–water partition coefficient (Wildman–Crippen LogP) is 4.63. The Morgan fingerprint density at radius 1 is 0.960 bits per heavy atom. The Morgan fingerprint density at radius 2 is 1.64 bits per heavy atom. The van der Waals surface area contributed by atoms with Crippen LogP contribution < -0.4 is 5.32 Å². The van der Waals surface area contributed by atoms with Crippen molar-refractivity contribution < 1.29 is 9.59 Å². The van der Waals surface area contributed by atoms with Crippen LogP contribution in [0.1, 0.15) is 34.3 Å². The first-order valence-electron chi connectivity index (χ1n) is 8.42. The molecule has 3 aromatic rings. The van der Waals surface area contributed by atoms with Gasteiger partial charge in [-0.1, -0.05) is 35.9 Å². The van der Waals surface area contributed by atoms with Gasteiger partial charge in [-0.05, 0) is 44.0 Å². The van der Waals surface area contributed by atoms with Gasteiger partial charge >= 0.3 is 0 Å². The number of anilines is 1. The molecule has 0 saturated heterocycles. The number of carbonyl (C=O) groups excluding carboxylic acids is 2. The van der Waals surface area contributed by atoms with Gasteiger partial charge in [0.2, 0.25) is 11.8 Å². The third-order valence-corrected chi connectivity index (χ3v) is 4.38. The van der Waals surface area contributed by atoms with Crippen molar-refractivity contribution in [2.75, 3.05) is 5.32 Å². The SMILES string of the molecule is Cc1cc(C)c(NC(=O)CCC(=O)n2ccc3ccccc32)c(C)c1. The summed E-state index contributed by atoms with van der Waals surface area (Å²) in [6.45, 7) is 5.99. The van der Waals surface area contributed by atoms with Crippen molar-refractivity contribution in [3.05, 3.63) is 65.4 Å². The van der Waals surface area contributed by atoms with E-state index in [-0.39, 0.29) is 24.7 Å². The summed E-state index contributed by atoms with van der Waals surface area (Å²) < 4.78 is 1.62. The van der Waals surface area contributed by atoms with E-state index in [4.69, 9.17) is 0 Å². The smallest absolute Gasteiger partial charge is 0.231 e. The molecular weight excluding hydrogens is 312 g/mol. The normalized spacial score (nSPS) is 10.8. The fraction of sp³-hybridized carbons (Fsp3) is 0.238. The monoisotopic (exact) mass is 334 g/mol. The molecule has 0 bridgehead atoms. The first kappa shape index (κ1) is 17.0. The number of para-hydroxylation sites is 1. The molecule has 0 aliphatic rings. The van der Waals surface area contributed by atoms with Crippen LogP contribution in [0.15, 0.2) is 48.7 Å². The number of nitrogens with one attached hydrogen (secondary N) is 1. The zero-order chi connectivity index (χ0) is 18.0. The minimum absolute atomic E-state index is 0.0753. The lowest BCUT2D eigenvalue weighted by Gasteiger charge is -2.13. The zero-order valence-corrected chi connectivity index (χ0v) is 14.8. The van der Waals surface area contributed by atoms with Crippen molar-refractivity contribution in [2.45, 2.75) is 33.6 Å². The van der Waals surface area contributed by atoms with Crippen molar-refractivity contribution in [3.63, 3.8) is 0 Å². The van der Waals surface area contributed by atoms with Crippen molar-refractivity contribution in [1.82, 2.24) is 4.57 Å². The van der Waals surface area contributed by atoms with Gasteiger partial charge in [0.1, 0.15) is 0 Å². The molecule has 4 nitrogen and oxygen atoms in total. The van der Waals surface area contributed by atoms with Crippen LogP contribution in [0.2, 0.25) is 0 Å². The lowest BCUT2D eigenvalue weighted by Crippen LogP contribution is -2.17. The molecule has 0 aliphatic carbocycles. The summed E-state index contributed by atoms with van der Waals surface area (Å²) in [4.78, 5) is 24.7. The van der Waals surface area contributed by atoms with Crippen molar-refractivity contribution in [2.24, 2.45) is 0 Å². The minimum atomic E-state index is -0.139. The van der Waals surface area contributed by atoms with Gasteiger partial charge in [0.15, 0.2) is 0 Å². The van der Waals surface area contributed by atoms with Crippen LogP contribution in [-0.4, -0.2) is 16.4 Å². The summed E-state index contributed by atoms with van der Waals surface area (Å²) in [6.07, 6.45) is 2.10. The van der Waals surface area contributed by atoms with Gasteiger partial charge in [0, 0.05) is 30.1 Å². The number of aryl methyl sites for hydroxylation is 3. The molecule has 0 spiro atoms. The molecule has 1 amide bonds. The maximum absolute atomic E-state index is 12.4. The third-order valence-electron chi connectivity index (χ3n) is 4.38. The van der Waals surface area contributed by atoms with Crippen molar-refractivity contribution in [1.29, 1.82) is 0 Å². The van der Waals surface area contributed by atoms with E-state index in [1.54, 1.807) is 10.8 Å². The Labute approximate surface area is 147 Å². The summed E-state index contributed by atoms with van der Waals surface area (Å²) in [6, 6.07) is 13.7. The van der Waals surface area contributed by atoms with Crippen LogP contribution >= 0.6 is 0 Å². The quantitative estimate of drug-likeness (QED) is 0.756. The number of fused-ring (bicyclic) bond motifs is 1. The molecule has 25 heavy (non-hydrogen) atoms. The molecule has 0 saturated carbocycles. The van der Waals surface area contributed by atoms with Crippen LogP contribution in [-0.2, 0) is 4.79 Å². The first-order valence-corrected chi connectivity index (χ1v) is 8.42. The predicted molar refractivity (Wildman–Crippen MR) is 101 cm³/mol. The maximum atomic E-state index is 12.4. The van der Waals surface area contributed by atoms with Crippen LogP contribution in [0, 0.1) is 20.8 Å². The van der Waals surface area contributed by atoms with E-state index < -0.39 is 0 Å². The highest BCUT2D eigenvalue weighted by Crippen LogP contribution is 2.22. The highest BCUT2D eigenvalue weighted by molar-refractivity contribution is 5.97. The fourth-order valence-corrected chi connectivity index (χ4v) is 3.22. The Kier molecular flexibility index (Phi) is 4.70. The molecule has 0 unspecified atom stereocenters. The Morgan fingerprint density at radius 3 is 2.36 bits per heavy atom. The Balaban J connectivity index is 1.66. The van der Waals surface area contributed by atoms with Gasteiger partial charge < -0.3 is 5.32 Å². The number of carbonyl (C=O) groups is 2. The minimum Gasteiger partial charge on any atom is -0.326 e. The molecule has 0 radical (unpaired) electrons. The number of hydrogen-bond donors (Lipinski definition) is 1. The maximum Gasteiger partial charge on any atom is 0.231 e. The van der Waals surface area contributed by atoms with Gasteiger partial charge in [-0.3, -0.25) is 14.2 Å². The molecule has 3 rings (SSSR count). The summed E-state index contributed by atoms with van der Waals surface area (Å²) in [5.74, 6) is -0.214. The van der Waals surface area contributed by atoms with E-state index >= 15 is 0 Å². The molecule has 2 aromatic carbocycles. The number of rotatable bonds is 4. The van der Waals surface area contributed by atoms with Gasteiger partial charge in [0.25, 0.3) is 0 Å². The molecule has 1 aromatic heterocycles. The molecule has 0 atom stereocenters. The number of benzene rings is 2. The second-order valence-corrected chi connectivity index (χ2v) is 6.46. The van der Waals surface area contributed by atoms with E-state index in [0.29, 0.717) is 0 Å². The molecular formula is C21H22N2O2. The molecule has 1 N–H and O–H groups in total. The van der Waals surface area contributed by atoms with E-state index in [1.807, 2.05) is 63.2 Å². The van der Waals surface area contributed by atoms with E-state index in [9.17, 15) is 9.59 Å². The van der Waals surface area contributed by atoms with Crippen molar-refractivity contribution in [3.8, 4) is 0 Å². The number of hydrogen-bond acceptors (Lipinski definition) is 2. The number of amides is 1. The standard InChI is InChI=1S/C21H22N2O2/c1-14-12-15(2)21(16(3)13-14)22-19(24)8-9-20(25)23-11-10-17-6-4-5-7-18(17)23/h4-7,10-13H,8-9H2,1-3H3,(H,22,24). The van der Waals surface area contributed by atoms with Crippen LogP contribution in [0.25, 0.3) is 10.9 Å². The highest BCUT2D eigenvalue weighted by Gasteiger charge is 2.13. The van der Waals surface area contributed by atoms with Crippen LogP contribution in [0.3, 0.4) is 0 Å². The molecule has 1 heterocycles. The van der Waals surface area contributed by atoms with Crippen molar-refractivity contribution >= 4 is 28.4 Å². The van der Waals surface area contributed by atoms with Gasteiger partial charge in [-0.25, -0.2) is 0 Å². The molecule has 0 fully saturated rings.